The molecule has 0 aliphatic carbocycles. The Morgan fingerprint density at radius 3 is 2.59 bits per heavy atom. The Morgan fingerprint density at radius 1 is 1.15 bits per heavy atom. The number of carbonyl (C=O) groups excluding carboxylic acids is 1. The maximum Gasteiger partial charge on any atom is 0.270 e. The van der Waals surface area contributed by atoms with Crippen LogP contribution in [0.1, 0.15) is 29.0 Å². The number of ether oxygens (including phenoxy) is 1. The summed E-state index contributed by atoms with van der Waals surface area (Å²) in [5.41, 5.74) is 2.39. The number of benzene rings is 1. The SMILES string of the molecule is Cc1cc(OC2CCN(C(=O)c3cc4ccccc4[nH]3)CC2)cc(=O)n1C. The highest BCUT2D eigenvalue weighted by Gasteiger charge is 2.25. The maximum atomic E-state index is 12.8. The molecule has 0 bridgehead atoms. The molecule has 6 heteroatoms. The van der Waals surface area contributed by atoms with Gasteiger partial charge in [0.15, 0.2) is 0 Å². The van der Waals surface area contributed by atoms with Crippen molar-refractivity contribution in [2.75, 3.05) is 13.1 Å². The fourth-order valence-electron chi connectivity index (χ4n) is 3.53. The number of aromatic amines is 1. The molecule has 2 aromatic heterocycles. The average molecular weight is 365 g/mol. The number of fused-ring (bicyclic) bond motifs is 1. The average Bonchev–Trinajstić information content (AvgIpc) is 3.10. The summed E-state index contributed by atoms with van der Waals surface area (Å²) in [5.74, 6) is 0.630. The predicted molar refractivity (Wildman–Crippen MR) is 104 cm³/mol. The van der Waals surface area contributed by atoms with Crippen LogP contribution in [0.5, 0.6) is 5.75 Å². The van der Waals surface area contributed by atoms with Gasteiger partial charge in [-0.2, -0.15) is 0 Å². The molecular weight excluding hydrogens is 342 g/mol. The lowest BCUT2D eigenvalue weighted by molar-refractivity contribution is 0.0590. The van der Waals surface area contributed by atoms with Crippen LogP contribution in [0.3, 0.4) is 0 Å². The van der Waals surface area contributed by atoms with Crippen LogP contribution in [0.4, 0.5) is 0 Å². The van der Waals surface area contributed by atoms with Gasteiger partial charge in [-0.1, -0.05) is 18.2 Å². The highest BCUT2D eigenvalue weighted by Crippen LogP contribution is 2.21. The van der Waals surface area contributed by atoms with Gasteiger partial charge in [-0.15, -0.1) is 0 Å². The first-order valence-corrected chi connectivity index (χ1v) is 9.22. The summed E-state index contributed by atoms with van der Waals surface area (Å²) < 4.78 is 7.59. The monoisotopic (exact) mass is 365 g/mol. The van der Waals surface area contributed by atoms with E-state index in [1.165, 1.54) is 6.07 Å². The number of nitrogens with zero attached hydrogens (tertiary/aromatic N) is 2. The first-order valence-electron chi connectivity index (χ1n) is 9.22. The number of carbonyl (C=O) groups is 1. The van der Waals surface area contributed by atoms with Crippen molar-refractivity contribution in [3.8, 4) is 5.75 Å². The molecule has 1 saturated heterocycles. The molecule has 3 aromatic rings. The number of piperidine rings is 1. The second kappa shape index (κ2) is 6.95. The topological polar surface area (TPSA) is 67.3 Å². The van der Waals surface area contributed by atoms with Gasteiger partial charge < -0.3 is 19.2 Å². The van der Waals surface area contributed by atoms with Gasteiger partial charge in [-0.25, -0.2) is 0 Å². The van der Waals surface area contributed by atoms with Crippen molar-refractivity contribution in [1.29, 1.82) is 0 Å². The van der Waals surface area contributed by atoms with E-state index in [4.69, 9.17) is 4.74 Å². The molecule has 1 N–H and O–H groups in total. The highest BCUT2D eigenvalue weighted by molar-refractivity contribution is 5.98. The van der Waals surface area contributed by atoms with E-state index in [0.717, 1.165) is 29.4 Å². The zero-order chi connectivity index (χ0) is 19.0. The number of hydrogen-bond donors (Lipinski definition) is 1. The number of likely N-dealkylation sites (tertiary alicyclic amines) is 1. The third kappa shape index (κ3) is 3.47. The van der Waals surface area contributed by atoms with Crippen LogP contribution in [0.25, 0.3) is 10.9 Å². The molecule has 1 aliphatic rings. The van der Waals surface area contributed by atoms with Gasteiger partial charge in [0.2, 0.25) is 0 Å². The first-order chi connectivity index (χ1) is 13.0. The number of amides is 1. The first kappa shape index (κ1) is 17.4. The van der Waals surface area contributed by atoms with Crippen molar-refractivity contribution < 1.29 is 9.53 Å². The number of aryl methyl sites for hydroxylation is 1. The Morgan fingerprint density at radius 2 is 1.89 bits per heavy atom. The molecule has 0 radical (unpaired) electrons. The Bertz CT molecular complexity index is 1010. The van der Waals surface area contributed by atoms with Crippen molar-refractivity contribution in [1.82, 2.24) is 14.5 Å². The van der Waals surface area contributed by atoms with Crippen LogP contribution < -0.4 is 10.3 Å². The molecule has 4 rings (SSSR count). The fourth-order valence-corrected chi connectivity index (χ4v) is 3.53. The van der Waals surface area contributed by atoms with E-state index in [1.807, 2.05) is 48.2 Å². The van der Waals surface area contributed by atoms with E-state index < -0.39 is 0 Å². The lowest BCUT2D eigenvalue weighted by Crippen LogP contribution is -2.42. The van der Waals surface area contributed by atoms with Gasteiger partial charge in [0.25, 0.3) is 11.5 Å². The highest BCUT2D eigenvalue weighted by atomic mass is 16.5. The smallest absolute Gasteiger partial charge is 0.270 e. The summed E-state index contributed by atoms with van der Waals surface area (Å²) in [4.78, 5) is 29.7. The van der Waals surface area contributed by atoms with Gasteiger partial charge in [-0.05, 0) is 25.1 Å². The molecule has 0 atom stereocenters. The Kier molecular flexibility index (Phi) is 4.48. The fraction of sp³-hybridized carbons (Fsp3) is 0.333. The zero-order valence-electron chi connectivity index (χ0n) is 15.6. The summed E-state index contributed by atoms with van der Waals surface area (Å²) in [6.45, 7) is 3.17. The number of hydrogen-bond acceptors (Lipinski definition) is 3. The summed E-state index contributed by atoms with van der Waals surface area (Å²) in [6, 6.07) is 13.2. The minimum atomic E-state index is -0.0728. The van der Waals surface area contributed by atoms with Gasteiger partial charge >= 0.3 is 0 Å². The summed E-state index contributed by atoms with van der Waals surface area (Å²) >= 11 is 0. The Labute approximate surface area is 157 Å². The van der Waals surface area contributed by atoms with Crippen molar-refractivity contribution in [2.24, 2.45) is 7.05 Å². The minimum Gasteiger partial charge on any atom is -0.490 e. The van der Waals surface area contributed by atoms with Gasteiger partial charge in [-0.3, -0.25) is 9.59 Å². The number of aromatic nitrogens is 2. The van der Waals surface area contributed by atoms with Crippen molar-refractivity contribution in [2.45, 2.75) is 25.9 Å². The number of rotatable bonds is 3. The maximum absolute atomic E-state index is 12.8. The van der Waals surface area contributed by atoms with Crippen LogP contribution in [-0.2, 0) is 7.05 Å². The third-order valence-electron chi connectivity index (χ3n) is 5.27. The van der Waals surface area contributed by atoms with Gasteiger partial charge in [0, 0.05) is 55.6 Å². The molecule has 6 nitrogen and oxygen atoms in total. The van der Waals surface area contributed by atoms with Crippen molar-refractivity contribution in [3.63, 3.8) is 0 Å². The van der Waals surface area contributed by atoms with Crippen LogP contribution in [0, 0.1) is 6.92 Å². The van der Waals surface area contributed by atoms with Crippen LogP contribution in [0.15, 0.2) is 47.3 Å². The van der Waals surface area contributed by atoms with Crippen molar-refractivity contribution in [3.05, 3.63) is 64.2 Å². The van der Waals surface area contributed by atoms with E-state index in [-0.39, 0.29) is 17.6 Å². The van der Waals surface area contributed by atoms with E-state index >= 15 is 0 Å². The summed E-state index contributed by atoms with van der Waals surface area (Å²) in [7, 11) is 1.75. The molecule has 1 aliphatic heterocycles. The van der Waals surface area contributed by atoms with Crippen molar-refractivity contribution >= 4 is 16.8 Å². The lowest BCUT2D eigenvalue weighted by atomic mass is 10.1. The largest absolute Gasteiger partial charge is 0.490 e. The standard InChI is InChI=1S/C21H23N3O3/c1-14-11-17(13-20(25)23(14)2)27-16-7-9-24(10-8-16)21(26)19-12-15-5-3-4-6-18(15)22-19/h3-6,11-13,16,22H,7-10H2,1-2H3. The zero-order valence-corrected chi connectivity index (χ0v) is 15.6. The second-order valence-corrected chi connectivity index (χ2v) is 7.11. The summed E-state index contributed by atoms with van der Waals surface area (Å²) in [5, 5.41) is 1.04. The molecule has 3 heterocycles. The van der Waals surface area contributed by atoms with Crippen LogP contribution >= 0.6 is 0 Å². The molecule has 1 aromatic carbocycles. The Hall–Kier alpha value is -3.02. The minimum absolute atomic E-state index is 0.0169. The Balaban J connectivity index is 1.40. The van der Waals surface area contributed by atoms with E-state index in [9.17, 15) is 9.59 Å². The molecule has 0 unspecified atom stereocenters. The van der Waals surface area contributed by atoms with Gasteiger partial charge in [0.05, 0.1) is 0 Å². The molecular formula is C21H23N3O3. The number of para-hydroxylation sites is 1. The molecule has 0 saturated carbocycles. The van der Waals surface area contributed by atoms with E-state index in [0.29, 0.717) is 24.5 Å². The van der Waals surface area contributed by atoms with Crippen LogP contribution in [0.2, 0.25) is 0 Å². The number of pyridine rings is 1. The summed E-state index contributed by atoms with van der Waals surface area (Å²) in [6.07, 6.45) is 1.52. The number of nitrogens with one attached hydrogen (secondary N) is 1. The van der Waals surface area contributed by atoms with E-state index in [2.05, 4.69) is 4.98 Å². The molecule has 1 fully saturated rings. The molecule has 0 spiro atoms. The third-order valence-corrected chi connectivity index (χ3v) is 5.27. The molecule has 140 valence electrons. The normalized spacial score (nSPS) is 15.3. The lowest BCUT2D eigenvalue weighted by Gasteiger charge is -2.32. The van der Waals surface area contributed by atoms with E-state index in [1.54, 1.807) is 11.6 Å². The quantitative estimate of drug-likeness (QED) is 0.776. The molecule has 1 amide bonds. The molecule has 27 heavy (non-hydrogen) atoms. The second-order valence-electron chi connectivity index (χ2n) is 7.11. The van der Waals surface area contributed by atoms with Crippen LogP contribution in [-0.4, -0.2) is 39.6 Å². The predicted octanol–water partition coefficient (Wildman–Crippen LogP) is 2.86. The van der Waals surface area contributed by atoms with Gasteiger partial charge in [0.1, 0.15) is 17.5 Å². The number of H-pyrrole nitrogens is 1.